The molecule has 0 unspecified atom stereocenters. The van der Waals surface area contributed by atoms with Crippen LogP contribution in [-0.2, 0) is 0 Å². The van der Waals surface area contributed by atoms with Crippen molar-refractivity contribution in [1.82, 2.24) is 9.97 Å². The summed E-state index contributed by atoms with van der Waals surface area (Å²) in [6, 6.07) is 61.6. The van der Waals surface area contributed by atoms with Crippen molar-refractivity contribution in [2.75, 3.05) is 0 Å². The van der Waals surface area contributed by atoms with E-state index in [1.165, 1.54) is 86.9 Å². The summed E-state index contributed by atoms with van der Waals surface area (Å²) in [6.45, 7) is 0. The zero-order valence-electron chi connectivity index (χ0n) is 29.4. The Hall–Kier alpha value is -7.16. The highest BCUT2D eigenvalue weighted by atomic mass is 14.6. The summed E-state index contributed by atoms with van der Waals surface area (Å²) in [5, 5.41) is 14.6. The van der Waals surface area contributed by atoms with Gasteiger partial charge in [0.25, 0.3) is 0 Å². The number of aromatic nitrogens is 2. The van der Waals surface area contributed by atoms with Crippen molar-refractivity contribution in [1.29, 1.82) is 0 Å². The molecule has 11 aromatic rings. The van der Waals surface area contributed by atoms with E-state index in [4.69, 9.17) is 9.97 Å². The van der Waals surface area contributed by atoms with E-state index in [1.807, 2.05) is 24.8 Å². The zero-order valence-corrected chi connectivity index (χ0v) is 29.4. The van der Waals surface area contributed by atoms with Crippen LogP contribution in [0, 0.1) is 0 Å². The van der Waals surface area contributed by atoms with Gasteiger partial charge < -0.3 is 0 Å². The van der Waals surface area contributed by atoms with E-state index in [1.54, 1.807) is 0 Å². The molecule has 11 rings (SSSR count). The minimum absolute atomic E-state index is 1.09. The van der Waals surface area contributed by atoms with Gasteiger partial charge in [0.2, 0.25) is 0 Å². The Morgan fingerprint density at radius 1 is 0.222 bits per heavy atom. The van der Waals surface area contributed by atoms with Crippen molar-refractivity contribution in [3.63, 3.8) is 0 Å². The Bertz CT molecular complexity index is 2900. The van der Waals surface area contributed by atoms with E-state index < -0.39 is 0 Å². The smallest absolute Gasteiger partial charge is 0.0347 e. The Morgan fingerprint density at radius 2 is 0.444 bits per heavy atom. The quantitative estimate of drug-likeness (QED) is 0.172. The first-order valence-corrected chi connectivity index (χ1v) is 18.5. The molecule has 0 radical (unpaired) electrons. The predicted octanol–water partition coefficient (Wildman–Crippen LogP) is 14.1. The van der Waals surface area contributed by atoms with Crippen LogP contribution in [0.1, 0.15) is 0 Å². The normalized spacial score (nSPS) is 11.7. The maximum atomic E-state index is 4.93. The number of benzene rings is 9. The Morgan fingerprint density at radius 3 is 0.722 bits per heavy atom. The molecule has 0 spiro atoms. The van der Waals surface area contributed by atoms with Crippen molar-refractivity contribution < 1.29 is 0 Å². The first kappa shape index (κ1) is 30.5. The lowest BCUT2D eigenvalue weighted by Gasteiger charge is -2.19. The molecule has 0 amide bonds. The topological polar surface area (TPSA) is 25.8 Å². The molecule has 0 aliphatic heterocycles. The standard InChI is InChI=1S/C52H32N2/c1-5-17-41-33(13-1)25-34-14-2-6-18-42(34)49(41)37-27-39(31-53-29-37)51-45-21-9-11-23-47(45)52(48-24-12-10-22-46(48)51)40-28-38(30-54-32-40)50-43-19-7-3-15-35(43)26-36-16-4-8-20-44(36)50/h1-32H. The molecule has 0 N–H and O–H groups in total. The van der Waals surface area contributed by atoms with E-state index >= 15 is 0 Å². The van der Waals surface area contributed by atoms with E-state index in [9.17, 15) is 0 Å². The average molecular weight is 685 g/mol. The van der Waals surface area contributed by atoms with Crippen LogP contribution in [0.15, 0.2) is 195 Å². The van der Waals surface area contributed by atoms with Crippen LogP contribution in [0.2, 0.25) is 0 Å². The van der Waals surface area contributed by atoms with Crippen LogP contribution < -0.4 is 0 Å². The third kappa shape index (κ3) is 4.74. The van der Waals surface area contributed by atoms with Gasteiger partial charge in [-0.15, -0.1) is 0 Å². The van der Waals surface area contributed by atoms with Gasteiger partial charge >= 0.3 is 0 Å². The molecule has 0 bridgehead atoms. The first-order valence-electron chi connectivity index (χ1n) is 18.5. The summed E-state index contributed by atoms with van der Waals surface area (Å²) < 4.78 is 0. The Kier molecular flexibility index (Phi) is 6.90. The number of rotatable bonds is 4. The van der Waals surface area contributed by atoms with E-state index in [2.05, 4.69) is 170 Å². The third-order valence-electron chi connectivity index (χ3n) is 11.1. The summed E-state index contributed by atoms with van der Waals surface area (Å²) >= 11 is 0. The van der Waals surface area contributed by atoms with Crippen molar-refractivity contribution in [3.05, 3.63) is 195 Å². The molecular formula is C52H32N2. The summed E-state index contributed by atoms with van der Waals surface area (Å²) in [7, 11) is 0. The van der Waals surface area contributed by atoms with E-state index in [0.717, 1.165) is 22.3 Å². The van der Waals surface area contributed by atoms with Gasteiger partial charge in [0, 0.05) is 47.0 Å². The van der Waals surface area contributed by atoms with E-state index in [-0.39, 0.29) is 0 Å². The third-order valence-corrected chi connectivity index (χ3v) is 11.1. The second kappa shape index (κ2) is 12.2. The SMILES string of the molecule is c1ccc2c(-c3cncc(-c4c5ccccc5c(-c5cncc(-c6c7ccccc7cc7ccccc67)c5)c5ccccc45)c3)c3ccccc3cc2c1. The van der Waals surface area contributed by atoms with Crippen LogP contribution in [0.5, 0.6) is 0 Å². The van der Waals surface area contributed by atoms with Gasteiger partial charge in [0.1, 0.15) is 0 Å². The number of hydrogen-bond donors (Lipinski definition) is 0. The van der Waals surface area contributed by atoms with Gasteiger partial charge in [-0.25, -0.2) is 0 Å². The van der Waals surface area contributed by atoms with Crippen molar-refractivity contribution in [3.8, 4) is 44.5 Å². The lowest BCUT2D eigenvalue weighted by Crippen LogP contribution is -1.93. The lowest BCUT2D eigenvalue weighted by molar-refractivity contribution is 1.33. The predicted molar refractivity (Wildman–Crippen MR) is 229 cm³/mol. The highest BCUT2D eigenvalue weighted by Crippen LogP contribution is 2.46. The minimum Gasteiger partial charge on any atom is -0.263 e. The summed E-state index contributed by atoms with van der Waals surface area (Å²) in [6.07, 6.45) is 8.09. The van der Waals surface area contributed by atoms with Gasteiger partial charge in [-0.2, -0.15) is 0 Å². The average Bonchev–Trinajstić information content (AvgIpc) is 3.23. The van der Waals surface area contributed by atoms with Gasteiger partial charge in [-0.05, 0) is 111 Å². The largest absolute Gasteiger partial charge is 0.263 e. The molecule has 2 nitrogen and oxygen atoms in total. The molecule has 9 aromatic carbocycles. The highest BCUT2D eigenvalue weighted by molar-refractivity contribution is 6.22. The number of hydrogen-bond acceptors (Lipinski definition) is 2. The molecule has 54 heavy (non-hydrogen) atoms. The summed E-state index contributed by atoms with van der Waals surface area (Å²) in [5.41, 5.74) is 9.21. The second-order valence-corrected chi connectivity index (χ2v) is 14.2. The zero-order chi connectivity index (χ0) is 35.6. The Balaban J connectivity index is 1.16. The fourth-order valence-corrected chi connectivity index (χ4v) is 8.83. The molecule has 0 aliphatic carbocycles. The molecule has 2 heteroatoms. The van der Waals surface area contributed by atoms with Crippen LogP contribution in [0.4, 0.5) is 0 Å². The minimum atomic E-state index is 1.09. The molecule has 250 valence electrons. The maximum Gasteiger partial charge on any atom is 0.0347 e. The molecule has 2 aromatic heterocycles. The fraction of sp³-hybridized carbons (Fsp3) is 0. The number of pyridine rings is 2. The van der Waals surface area contributed by atoms with Gasteiger partial charge in [-0.3, -0.25) is 9.97 Å². The van der Waals surface area contributed by atoms with Crippen molar-refractivity contribution in [2.24, 2.45) is 0 Å². The van der Waals surface area contributed by atoms with Gasteiger partial charge in [0.05, 0.1) is 0 Å². The molecule has 0 aliphatic rings. The second-order valence-electron chi connectivity index (χ2n) is 14.2. The monoisotopic (exact) mass is 684 g/mol. The Labute approximate surface area is 312 Å². The summed E-state index contributed by atoms with van der Waals surface area (Å²) in [5.74, 6) is 0. The van der Waals surface area contributed by atoms with Crippen LogP contribution in [-0.4, -0.2) is 9.97 Å². The molecule has 0 fully saturated rings. The van der Waals surface area contributed by atoms with E-state index in [0.29, 0.717) is 0 Å². The van der Waals surface area contributed by atoms with Gasteiger partial charge in [-0.1, -0.05) is 146 Å². The highest BCUT2D eigenvalue weighted by Gasteiger charge is 2.19. The first-order chi connectivity index (χ1) is 26.8. The number of fused-ring (bicyclic) bond motifs is 6. The maximum absolute atomic E-state index is 4.93. The van der Waals surface area contributed by atoms with Crippen LogP contribution in [0.3, 0.4) is 0 Å². The molecule has 0 atom stereocenters. The van der Waals surface area contributed by atoms with Crippen LogP contribution >= 0.6 is 0 Å². The number of nitrogens with zero attached hydrogens (tertiary/aromatic N) is 2. The van der Waals surface area contributed by atoms with Crippen molar-refractivity contribution >= 4 is 64.6 Å². The van der Waals surface area contributed by atoms with Crippen molar-refractivity contribution in [2.45, 2.75) is 0 Å². The molecular weight excluding hydrogens is 653 g/mol. The summed E-state index contributed by atoms with van der Waals surface area (Å²) in [4.78, 5) is 9.86. The lowest BCUT2D eigenvalue weighted by atomic mass is 9.85. The molecule has 0 saturated carbocycles. The fourth-order valence-electron chi connectivity index (χ4n) is 8.83. The molecule has 0 saturated heterocycles. The van der Waals surface area contributed by atoms with Crippen LogP contribution in [0.25, 0.3) is 109 Å². The molecule has 2 heterocycles. The van der Waals surface area contributed by atoms with Gasteiger partial charge in [0.15, 0.2) is 0 Å².